The maximum Gasteiger partial charge on any atom is 0.519 e. The van der Waals surface area contributed by atoms with Gasteiger partial charge in [0.1, 0.15) is 75.9 Å². The van der Waals surface area contributed by atoms with E-state index in [-0.39, 0.29) is 78.7 Å². The standard InChI is InChI=1S/C15H17FO5.C13H12FNO4.C12H13FN2O3.C11H10FN3O2.C10H18O5.C9H8FNO3.C8H4FNO2.C8H3FO3.C5H13NO2.C3H8.CH4N2O.CH4O/c1-15(2,3)21-13(18)8-12(17)10-6-5-9(16)7-11(10)14(19)20-4;1-13(2,3)19-12(18)15-10(16)8-5-4-7(14)6-9(8)11(15)17;1-15(2)7-14-11(16)9-5-4-8(13)6-10(9)12(17)18-3;1-15-10(13-6-14-15)8-4-3-7(12)5-9(8)11(16)17-2;1-9(2,3)14-7(11)13-8(12)15-10(4,5)6;1-14-9(13)7-4-5(10)2-3-6(7)8(11)12;9-4-1-2-5-6(3-4)8(12)10-7(5)11;9-4-1-2-5-6(3-4)8(11)12-7(5)10;1-6(2)5(7-3)8-4;1-3-2;2-1(3)4;1-2/h5-7H,8H2,1-4H3;4-6H,1-3H3;4-7H,1-3H3;3-6H,1-2H3;1-6H3;2-4H,1H3,(H2,11,12);1-3H,(H,10,11,12);1-3H;5H,1-4H3;3H2,1-2H3;(H4,2,3,4);2H,1H3. The number of carbonyl (C=O) groups excluding carboxylic acids is 18. The minimum Gasteiger partial charge on any atom is -0.465 e. The van der Waals surface area contributed by atoms with Gasteiger partial charge in [-0.15, -0.1) is 0 Å². The number of aryl methyl sites for hydroxylation is 1. The quantitative estimate of drug-likeness (QED) is 0.00777. The van der Waals surface area contributed by atoms with Crippen molar-refractivity contribution in [1.29, 1.82) is 0 Å². The van der Waals surface area contributed by atoms with Crippen LogP contribution < -0.4 is 22.5 Å². The zero-order valence-corrected chi connectivity index (χ0v) is 84.0. The summed E-state index contributed by atoms with van der Waals surface area (Å²) < 4.78 is 148. The van der Waals surface area contributed by atoms with Crippen LogP contribution >= 0.6 is 0 Å². The number of nitrogens with two attached hydrogens (primary N) is 3. The number of nitrogens with zero attached hydrogens (tertiary/aromatic N) is 7. The number of rotatable bonds is 14. The van der Waals surface area contributed by atoms with E-state index in [1.807, 2.05) is 19.0 Å². The van der Waals surface area contributed by atoms with Crippen molar-refractivity contribution in [3.05, 3.63) is 247 Å². The van der Waals surface area contributed by atoms with Crippen molar-refractivity contribution in [2.45, 2.75) is 139 Å². The Bertz CT molecular complexity index is 5870. The van der Waals surface area contributed by atoms with E-state index >= 15 is 0 Å². The molecule has 788 valence electrons. The van der Waals surface area contributed by atoms with Gasteiger partial charge in [-0.3, -0.25) is 48.6 Å². The molecule has 3 aliphatic rings. The molecule has 0 spiro atoms. The molecule has 0 aliphatic carbocycles. The Morgan fingerprint density at radius 2 is 0.786 bits per heavy atom. The molecule has 9 amide bonds. The molecule has 0 fully saturated rings. The summed E-state index contributed by atoms with van der Waals surface area (Å²) in [4.78, 5) is 214. The minimum atomic E-state index is -1.06. The van der Waals surface area contributed by atoms with E-state index in [9.17, 15) is 112 Å². The zero-order valence-electron chi connectivity index (χ0n) is 84.0. The highest BCUT2D eigenvalue weighted by atomic mass is 19.2. The van der Waals surface area contributed by atoms with Crippen molar-refractivity contribution >= 4 is 114 Å². The smallest absolute Gasteiger partial charge is 0.465 e. The van der Waals surface area contributed by atoms with Crippen LogP contribution in [0.5, 0.6) is 0 Å². The number of fused-ring (bicyclic) bond motifs is 3. The Labute approximate surface area is 828 Å². The van der Waals surface area contributed by atoms with Crippen LogP contribution in [0.3, 0.4) is 0 Å². The number of amides is 9. The van der Waals surface area contributed by atoms with Gasteiger partial charge in [-0.05, 0) is 225 Å². The lowest BCUT2D eigenvalue weighted by molar-refractivity contribution is -0.179. The highest BCUT2D eigenvalue weighted by molar-refractivity contribution is 6.28. The molecule has 0 saturated carbocycles. The maximum absolute atomic E-state index is 13.2. The molecule has 0 unspecified atom stereocenters. The molecule has 0 radical (unpaired) electrons. The fourth-order valence-corrected chi connectivity index (χ4v) is 10.4. The number of hydrogen-bond acceptors (Lipinski definition) is 34. The molecule has 145 heavy (non-hydrogen) atoms. The number of urea groups is 1. The number of benzene rings is 7. The van der Waals surface area contributed by atoms with Crippen LogP contribution in [0.2, 0.25) is 0 Å². The number of halogens is 7. The van der Waals surface area contributed by atoms with Gasteiger partial charge < -0.3 is 84.0 Å². The first-order chi connectivity index (χ1) is 67.2. The number of ketones is 1. The molecule has 0 bridgehead atoms. The Morgan fingerprint density at radius 3 is 1.17 bits per heavy atom. The van der Waals surface area contributed by atoms with Gasteiger partial charge in [0.15, 0.2) is 11.6 Å². The minimum absolute atomic E-state index is 0.000000000000000444. The van der Waals surface area contributed by atoms with E-state index in [2.05, 4.69) is 74.1 Å². The molecule has 11 rings (SSSR count). The second kappa shape index (κ2) is 60.6. The van der Waals surface area contributed by atoms with Crippen molar-refractivity contribution in [1.82, 2.24) is 34.8 Å². The lowest BCUT2D eigenvalue weighted by Crippen LogP contribution is -2.40. The first-order valence-electron chi connectivity index (χ1n) is 41.9. The lowest BCUT2D eigenvalue weighted by Gasteiger charge is -2.22. The summed E-state index contributed by atoms with van der Waals surface area (Å²) in [5, 5.41) is 13.0. The van der Waals surface area contributed by atoms with Gasteiger partial charge in [-0.2, -0.15) is 15.0 Å². The van der Waals surface area contributed by atoms with Crippen molar-refractivity contribution < 1.29 is 179 Å². The van der Waals surface area contributed by atoms with Crippen LogP contribution in [-0.2, 0) is 68.7 Å². The van der Waals surface area contributed by atoms with Crippen LogP contribution in [0, 0.1) is 40.7 Å². The molecule has 8 N–H and O–H groups in total. The molecular formula is C96H114F7N11O31. The summed E-state index contributed by atoms with van der Waals surface area (Å²) in [7, 11) is 17.7. The third-order valence-electron chi connectivity index (χ3n) is 15.9. The van der Waals surface area contributed by atoms with Crippen LogP contribution in [0.4, 0.5) is 49.9 Å². The summed E-state index contributed by atoms with van der Waals surface area (Å²) in [5.74, 6) is -13.6. The maximum atomic E-state index is 13.2. The molecule has 0 saturated heterocycles. The van der Waals surface area contributed by atoms with Crippen molar-refractivity contribution in [2.75, 3.05) is 78.0 Å². The number of methoxy groups -OCH3 is 6. The Balaban J connectivity index is 0.00000160. The van der Waals surface area contributed by atoms with E-state index in [0.717, 1.165) is 119 Å². The Morgan fingerprint density at radius 1 is 0.448 bits per heavy atom. The highest BCUT2D eigenvalue weighted by Crippen LogP contribution is 2.29. The fourth-order valence-electron chi connectivity index (χ4n) is 10.4. The Kier molecular flexibility index (Phi) is 53.8. The largest absolute Gasteiger partial charge is 0.519 e. The number of nitrogens with one attached hydrogen (secondary N) is 1. The van der Waals surface area contributed by atoms with Gasteiger partial charge in [0.05, 0.1) is 102 Å². The molecule has 7 aromatic carbocycles. The molecule has 49 heteroatoms. The molecule has 0 atom stereocenters. The van der Waals surface area contributed by atoms with Gasteiger partial charge >= 0.3 is 66.2 Å². The number of cyclic esters (lactones) is 2. The van der Waals surface area contributed by atoms with Gasteiger partial charge in [0, 0.05) is 53.6 Å². The highest BCUT2D eigenvalue weighted by Gasteiger charge is 2.43. The lowest BCUT2D eigenvalue weighted by atomic mass is 10.0. The van der Waals surface area contributed by atoms with Crippen molar-refractivity contribution in [3.63, 3.8) is 0 Å². The first-order valence-corrected chi connectivity index (χ1v) is 41.9. The second-order valence-electron chi connectivity index (χ2n) is 32.8. The van der Waals surface area contributed by atoms with Crippen LogP contribution in [0.25, 0.3) is 11.4 Å². The number of aliphatic imine (C=N–C) groups is 1. The number of aromatic nitrogens is 3. The fraction of sp³-hybridized carbons (Fsp3) is 0.344. The molecule has 3 aliphatic heterocycles. The molecule has 1 aromatic heterocycles. The predicted molar refractivity (Wildman–Crippen MR) is 501 cm³/mol. The van der Waals surface area contributed by atoms with Crippen LogP contribution in [0.15, 0.2) is 139 Å². The van der Waals surface area contributed by atoms with E-state index < -0.39 is 177 Å². The number of esters is 7. The van der Waals surface area contributed by atoms with Gasteiger partial charge in [-0.25, -0.2) is 88.3 Å². The number of aliphatic hydroxyl groups is 1. The van der Waals surface area contributed by atoms with Gasteiger partial charge in [0.2, 0.25) is 12.3 Å². The van der Waals surface area contributed by atoms with E-state index in [0.29, 0.717) is 16.3 Å². The zero-order chi connectivity index (χ0) is 112. The van der Waals surface area contributed by atoms with Gasteiger partial charge in [0.25, 0.3) is 29.5 Å². The SMILES string of the molecule is CC(C)(C)OC(=O)N1C(=O)c2ccc(F)cc2C1=O.CC(C)(C)OC(=O)OC(=O)OC(C)(C)C.CCC.CO.COC(=O)c1cc(F)ccc1-c1ncnn1C.COC(=O)c1cc(F)ccc1C(=O)CC(=O)OC(C)(C)C.COC(=O)c1cc(F)ccc1C(=O)N=CN(C)C.COC(=O)c1cc(F)ccc1C(N)=O.COC(OC)N(C)C.NC(N)=O.O=C1NC(=O)c2cc(F)ccc21.O=C1OC(=O)c2cc(F)ccc21. The van der Waals surface area contributed by atoms with Crippen LogP contribution in [0.1, 0.15) is 244 Å². The number of aliphatic hydroxyl groups excluding tert-OH is 1. The number of ether oxygens (including phenoxy) is 12. The number of hydrogen-bond donors (Lipinski definition) is 5. The normalized spacial score (nSPS) is 11.5. The molecular weight excluding hydrogens is 1940 g/mol. The summed E-state index contributed by atoms with van der Waals surface area (Å²) in [6, 6.07) is 22.4. The number of primary amides is 3. The van der Waals surface area contributed by atoms with E-state index in [1.54, 1.807) is 123 Å². The Hall–Kier alpha value is -16.4. The first kappa shape index (κ1) is 129. The van der Waals surface area contributed by atoms with Gasteiger partial charge in [-0.1, -0.05) is 20.3 Å². The van der Waals surface area contributed by atoms with E-state index in [1.165, 1.54) is 67.3 Å². The summed E-state index contributed by atoms with van der Waals surface area (Å²) in [6.07, 6.45) is -0.0121. The topological polar surface area (TPSA) is 581 Å². The summed E-state index contributed by atoms with van der Waals surface area (Å²) in [5.41, 5.74) is 10.8. The average molecular weight is 2050 g/mol. The summed E-state index contributed by atoms with van der Waals surface area (Å²) in [6.45, 7) is 24.1. The number of carbonyl (C=O) groups is 18. The predicted octanol–water partition coefficient (Wildman–Crippen LogP) is 13.2. The summed E-state index contributed by atoms with van der Waals surface area (Å²) >= 11 is 0. The molecule has 42 nitrogen and oxygen atoms in total. The number of Topliss-reactive ketones (excluding diaryl/α,β-unsaturated/α-hetero) is 1. The van der Waals surface area contributed by atoms with Crippen LogP contribution in [-0.4, -0.2) is 255 Å². The second-order valence-corrected chi connectivity index (χ2v) is 32.8. The number of imide groups is 4. The van der Waals surface area contributed by atoms with Crippen molar-refractivity contribution in [2.24, 2.45) is 29.2 Å². The van der Waals surface area contributed by atoms with E-state index in [4.69, 9.17) is 44.1 Å². The molecule has 4 heterocycles. The van der Waals surface area contributed by atoms with Crippen molar-refractivity contribution in [3.8, 4) is 11.4 Å². The third-order valence-corrected chi connectivity index (χ3v) is 15.9. The average Bonchev–Trinajstić information content (AvgIpc) is 1.61. The monoisotopic (exact) mass is 2050 g/mol. The third kappa shape index (κ3) is 45.8. The molecule has 8 aromatic rings.